The molecule has 0 radical (unpaired) electrons. The number of H-pyrrole nitrogens is 1. The van der Waals surface area contributed by atoms with Gasteiger partial charge in [-0.15, -0.1) is 0 Å². The van der Waals surface area contributed by atoms with Gasteiger partial charge in [0.1, 0.15) is 5.69 Å². The van der Waals surface area contributed by atoms with Crippen LogP contribution in [0.25, 0.3) is 11.3 Å². The van der Waals surface area contributed by atoms with E-state index in [1.54, 1.807) is 30.3 Å². The summed E-state index contributed by atoms with van der Waals surface area (Å²) < 4.78 is 22.5. The summed E-state index contributed by atoms with van der Waals surface area (Å²) in [6.07, 6.45) is 0.548. The van der Waals surface area contributed by atoms with E-state index < -0.39 is 10.0 Å². The van der Waals surface area contributed by atoms with Crippen molar-refractivity contribution in [1.29, 1.82) is 0 Å². The topological polar surface area (TPSA) is 118 Å². The van der Waals surface area contributed by atoms with E-state index in [9.17, 15) is 13.2 Å². The molecule has 0 spiro atoms. The minimum Gasteiger partial charge on any atom is -0.350 e. The van der Waals surface area contributed by atoms with Gasteiger partial charge in [-0.05, 0) is 42.3 Å². The Kier molecular flexibility index (Phi) is 5.59. The normalized spacial score (nSPS) is 11.3. The van der Waals surface area contributed by atoms with Gasteiger partial charge in [0.15, 0.2) is 0 Å². The quantitative estimate of drug-likeness (QED) is 0.584. The Morgan fingerprint density at radius 1 is 1.15 bits per heavy atom. The van der Waals surface area contributed by atoms with E-state index in [-0.39, 0.29) is 10.8 Å². The number of benzene rings is 2. The molecule has 140 valence electrons. The van der Waals surface area contributed by atoms with Crippen LogP contribution in [0.2, 0.25) is 5.02 Å². The molecule has 0 saturated carbocycles. The van der Waals surface area contributed by atoms with Crippen LogP contribution in [-0.2, 0) is 16.4 Å². The molecule has 0 aliphatic heterocycles. The summed E-state index contributed by atoms with van der Waals surface area (Å²) in [5.41, 5.74) is 2.66. The number of carbonyl (C=O) groups is 1. The SMILES string of the molecule is NS(=O)(=O)c1ccc(CCNC(=O)c2cc(-c3cccc(Cl)c3)n[nH]2)cc1. The van der Waals surface area contributed by atoms with Crippen LogP contribution in [0.4, 0.5) is 0 Å². The molecule has 3 aromatic rings. The molecule has 3 rings (SSSR count). The highest BCUT2D eigenvalue weighted by Gasteiger charge is 2.11. The number of nitrogens with two attached hydrogens (primary N) is 1. The monoisotopic (exact) mass is 404 g/mol. The molecule has 0 unspecified atom stereocenters. The highest BCUT2D eigenvalue weighted by molar-refractivity contribution is 7.89. The molecule has 27 heavy (non-hydrogen) atoms. The van der Waals surface area contributed by atoms with Gasteiger partial charge in [-0.25, -0.2) is 13.6 Å². The number of sulfonamides is 1. The molecule has 1 heterocycles. The van der Waals surface area contributed by atoms with E-state index in [0.29, 0.717) is 29.4 Å². The molecular weight excluding hydrogens is 388 g/mol. The zero-order chi connectivity index (χ0) is 19.4. The lowest BCUT2D eigenvalue weighted by molar-refractivity contribution is 0.0949. The van der Waals surface area contributed by atoms with E-state index in [0.717, 1.165) is 11.1 Å². The summed E-state index contributed by atoms with van der Waals surface area (Å²) in [4.78, 5) is 12.3. The summed E-state index contributed by atoms with van der Waals surface area (Å²) in [7, 11) is -3.70. The summed E-state index contributed by atoms with van der Waals surface area (Å²) in [6, 6.07) is 15.1. The maximum Gasteiger partial charge on any atom is 0.269 e. The number of amides is 1. The largest absolute Gasteiger partial charge is 0.350 e. The van der Waals surface area contributed by atoms with Gasteiger partial charge < -0.3 is 5.32 Å². The first-order valence-electron chi connectivity index (χ1n) is 8.04. The van der Waals surface area contributed by atoms with Gasteiger partial charge in [0, 0.05) is 17.1 Å². The van der Waals surface area contributed by atoms with Crippen LogP contribution in [0.1, 0.15) is 16.1 Å². The standard InChI is InChI=1S/C18H17ClN4O3S/c19-14-3-1-2-13(10-14)16-11-17(23-22-16)18(24)21-9-8-12-4-6-15(7-5-12)27(20,25)26/h1-7,10-11H,8-9H2,(H,21,24)(H,22,23)(H2,20,25,26). The van der Waals surface area contributed by atoms with E-state index in [1.165, 1.54) is 12.1 Å². The molecule has 0 atom stereocenters. The van der Waals surface area contributed by atoms with Gasteiger partial charge in [0.05, 0.1) is 10.6 Å². The Morgan fingerprint density at radius 2 is 1.89 bits per heavy atom. The number of hydrogen-bond acceptors (Lipinski definition) is 4. The molecule has 2 aromatic carbocycles. The van der Waals surface area contributed by atoms with Gasteiger partial charge in [-0.1, -0.05) is 35.9 Å². The highest BCUT2D eigenvalue weighted by Crippen LogP contribution is 2.21. The molecule has 0 aliphatic rings. The van der Waals surface area contributed by atoms with Gasteiger partial charge in [-0.3, -0.25) is 9.89 Å². The predicted octanol–water partition coefficient (Wildman–Crippen LogP) is 2.35. The minimum absolute atomic E-state index is 0.0568. The Bertz CT molecular complexity index is 1060. The molecule has 4 N–H and O–H groups in total. The smallest absolute Gasteiger partial charge is 0.269 e. The maximum atomic E-state index is 12.2. The Labute approximate surface area is 161 Å². The number of primary sulfonamides is 1. The fourth-order valence-electron chi connectivity index (χ4n) is 2.50. The summed E-state index contributed by atoms with van der Waals surface area (Å²) in [5, 5.41) is 15.3. The third-order valence-corrected chi connectivity index (χ3v) is 5.06. The number of nitrogens with one attached hydrogen (secondary N) is 2. The van der Waals surface area contributed by atoms with Crippen LogP contribution in [0, 0.1) is 0 Å². The van der Waals surface area contributed by atoms with Crippen molar-refractivity contribution >= 4 is 27.5 Å². The number of nitrogens with zero attached hydrogens (tertiary/aromatic N) is 1. The first-order valence-corrected chi connectivity index (χ1v) is 9.96. The fourth-order valence-corrected chi connectivity index (χ4v) is 3.20. The van der Waals surface area contributed by atoms with Crippen molar-refractivity contribution in [2.24, 2.45) is 5.14 Å². The van der Waals surface area contributed by atoms with Crippen LogP contribution < -0.4 is 10.5 Å². The zero-order valence-electron chi connectivity index (χ0n) is 14.1. The average molecular weight is 405 g/mol. The van der Waals surface area contributed by atoms with Crippen molar-refractivity contribution in [3.05, 3.63) is 70.9 Å². The number of aromatic nitrogens is 2. The van der Waals surface area contributed by atoms with E-state index >= 15 is 0 Å². The van der Waals surface area contributed by atoms with Gasteiger partial charge in [-0.2, -0.15) is 5.10 Å². The van der Waals surface area contributed by atoms with Crippen molar-refractivity contribution in [1.82, 2.24) is 15.5 Å². The number of hydrogen-bond donors (Lipinski definition) is 3. The van der Waals surface area contributed by atoms with Gasteiger partial charge in [0.25, 0.3) is 5.91 Å². The first kappa shape index (κ1) is 19.1. The van der Waals surface area contributed by atoms with Crippen LogP contribution in [0.15, 0.2) is 59.5 Å². The van der Waals surface area contributed by atoms with Crippen molar-refractivity contribution in [3.8, 4) is 11.3 Å². The molecule has 0 saturated heterocycles. The zero-order valence-corrected chi connectivity index (χ0v) is 15.7. The van der Waals surface area contributed by atoms with E-state index in [1.807, 2.05) is 12.1 Å². The van der Waals surface area contributed by atoms with Crippen molar-refractivity contribution in [3.63, 3.8) is 0 Å². The summed E-state index contributed by atoms with van der Waals surface area (Å²) >= 11 is 5.97. The van der Waals surface area contributed by atoms with Crippen LogP contribution in [0.3, 0.4) is 0 Å². The second-order valence-electron chi connectivity index (χ2n) is 5.87. The molecule has 0 aliphatic carbocycles. The van der Waals surface area contributed by atoms with Crippen molar-refractivity contribution < 1.29 is 13.2 Å². The minimum atomic E-state index is -3.70. The Hall–Kier alpha value is -2.68. The van der Waals surface area contributed by atoms with Crippen LogP contribution >= 0.6 is 11.6 Å². The molecule has 9 heteroatoms. The lowest BCUT2D eigenvalue weighted by Gasteiger charge is -2.05. The second kappa shape index (κ2) is 7.91. The molecule has 1 aromatic heterocycles. The molecule has 0 fully saturated rings. The predicted molar refractivity (Wildman–Crippen MR) is 103 cm³/mol. The number of halogens is 1. The highest BCUT2D eigenvalue weighted by atomic mass is 35.5. The van der Waals surface area contributed by atoms with E-state index in [2.05, 4.69) is 15.5 Å². The summed E-state index contributed by atoms with van der Waals surface area (Å²) in [5.74, 6) is -0.281. The molecule has 0 bridgehead atoms. The lowest BCUT2D eigenvalue weighted by atomic mass is 10.1. The molecule has 1 amide bonds. The maximum absolute atomic E-state index is 12.2. The van der Waals surface area contributed by atoms with Crippen LogP contribution in [0.5, 0.6) is 0 Å². The van der Waals surface area contributed by atoms with E-state index in [4.69, 9.17) is 16.7 Å². The van der Waals surface area contributed by atoms with Crippen molar-refractivity contribution in [2.45, 2.75) is 11.3 Å². The first-order chi connectivity index (χ1) is 12.8. The fraction of sp³-hybridized carbons (Fsp3) is 0.111. The number of rotatable bonds is 6. The van der Waals surface area contributed by atoms with Crippen molar-refractivity contribution in [2.75, 3.05) is 6.54 Å². The van der Waals surface area contributed by atoms with Crippen LogP contribution in [-0.4, -0.2) is 31.1 Å². The summed E-state index contributed by atoms with van der Waals surface area (Å²) in [6.45, 7) is 0.388. The number of aromatic amines is 1. The Balaban J connectivity index is 1.57. The second-order valence-corrected chi connectivity index (χ2v) is 7.87. The average Bonchev–Trinajstić information content (AvgIpc) is 3.12. The van der Waals surface area contributed by atoms with Gasteiger partial charge in [0.2, 0.25) is 10.0 Å². The molecule has 7 nitrogen and oxygen atoms in total. The third-order valence-electron chi connectivity index (χ3n) is 3.89. The van der Waals surface area contributed by atoms with Gasteiger partial charge >= 0.3 is 0 Å². The number of carbonyl (C=O) groups excluding carboxylic acids is 1. The lowest BCUT2D eigenvalue weighted by Crippen LogP contribution is -2.26. The third kappa shape index (κ3) is 4.94. The molecular formula is C18H17ClN4O3S. The Morgan fingerprint density at radius 3 is 2.56 bits per heavy atom.